The molecule has 1 aromatic heterocycles. The zero-order valence-corrected chi connectivity index (χ0v) is 13.5. The highest BCUT2D eigenvalue weighted by Gasteiger charge is 2.40. The lowest BCUT2D eigenvalue weighted by Gasteiger charge is -2.34. The van der Waals surface area contributed by atoms with Gasteiger partial charge in [0.15, 0.2) is 0 Å². The van der Waals surface area contributed by atoms with Crippen LogP contribution in [0.2, 0.25) is 5.28 Å². The topological polar surface area (TPSA) is 72.1 Å². The summed E-state index contributed by atoms with van der Waals surface area (Å²) in [6, 6.07) is -0.671. The first-order valence-electron chi connectivity index (χ1n) is 7.56. The van der Waals surface area contributed by atoms with E-state index in [1.54, 1.807) is 4.90 Å². The van der Waals surface area contributed by atoms with E-state index in [1.165, 1.54) is 0 Å². The monoisotopic (exact) mass is 326 g/mol. The number of fused-ring (bicyclic) bond motifs is 1. The van der Waals surface area contributed by atoms with Crippen molar-refractivity contribution in [1.82, 2.24) is 9.97 Å². The molecular formula is C15H20ClFN4O. The van der Waals surface area contributed by atoms with Crippen molar-refractivity contribution in [3.63, 3.8) is 0 Å². The smallest absolute Gasteiger partial charge is 0.240 e. The lowest BCUT2D eigenvalue weighted by atomic mass is 9.76. The maximum Gasteiger partial charge on any atom is 0.240 e. The maximum atomic E-state index is 13.8. The quantitative estimate of drug-likeness (QED) is 0.845. The van der Waals surface area contributed by atoms with Gasteiger partial charge in [-0.25, -0.2) is 14.4 Å². The highest BCUT2D eigenvalue weighted by Crippen LogP contribution is 2.41. The van der Waals surface area contributed by atoms with E-state index in [9.17, 15) is 9.18 Å². The third-order valence-electron chi connectivity index (χ3n) is 4.68. The van der Waals surface area contributed by atoms with Crippen LogP contribution in [0.4, 0.5) is 10.2 Å². The van der Waals surface area contributed by atoms with Gasteiger partial charge in [-0.3, -0.25) is 4.79 Å². The van der Waals surface area contributed by atoms with E-state index in [4.69, 9.17) is 17.3 Å². The summed E-state index contributed by atoms with van der Waals surface area (Å²) in [5.41, 5.74) is 7.20. The fourth-order valence-electron chi connectivity index (χ4n) is 3.59. The molecule has 7 heteroatoms. The van der Waals surface area contributed by atoms with Crippen molar-refractivity contribution in [3.05, 3.63) is 16.5 Å². The molecule has 0 aromatic carbocycles. The Bertz CT molecular complexity index is 622. The van der Waals surface area contributed by atoms with Crippen molar-refractivity contribution in [3.8, 4) is 0 Å². The standard InChI is InChI=1S/C15H20ClFN4O/c1-15(2)5-3-4-9-11(15)19-14(16)20-13(9)21-7-8(17)6-10(21)12(18)22/h8,10H,3-7H2,1-2H3,(H2,18,22)/t8-,10+/m1/s1. The second-order valence-corrected chi connectivity index (χ2v) is 7.12. The first-order valence-corrected chi connectivity index (χ1v) is 7.94. The Morgan fingerprint density at radius 3 is 2.86 bits per heavy atom. The van der Waals surface area contributed by atoms with Gasteiger partial charge in [0.25, 0.3) is 0 Å². The molecule has 2 atom stereocenters. The summed E-state index contributed by atoms with van der Waals surface area (Å²) in [4.78, 5) is 22.0. The predicted molar refractivity (Wildman–Crippen MR) is 82.8 cm³/mol. The van der Waals surface area contributed by atoms with Gasteiger partial charge in [-0.15, -0.1) is 0 Å². The molecule has 22 heavy (non-hydrogen) atoms. The molecule has 0 saturated carbocycles. The first-order chi connectivity index (χ1) is 10.3. The first kappa shape index (κ1) is 15.5. The molecule has 0 unspecified atom stereocenters. The Morgan fingerprint density at radius 2 is 2.18 bits per heavy atom. The molecule has 1 amide bonds. The number of hydrogen-bond donors (Lipinski definition) is 1. The minimum absolute atomic E-state index is 0.105. The number of nitrogens with two attached hydrogens (primary N) is 1. The molecule has 2 heterocycles. The number of rotatable bonds is 2. The minimum atomic E-state index is -1.08. The number of anilines is 1. The third-order valence-corrected chi connectivity index (χ3v) is 4.85. The molecule has 1 fully saturated rings. The molecule has 1 saturated heterocycles. The number of carbonyl (C=O) groups is 1. The predicted octanol–water partition coefficient (Wildman–Crippen LogP) is 2.15. The summed E-state index contributed by atoms with van der Waals surface area (Å²) in [5.74, 6) is 0.0467. The minimum Gasteiger partial charge on any atom is -0.368 e. The number of halogens is 2. The highest BCUT2D eigenvalue weighted by molar-refractivity contribution is 6.28. The second-order valence-electron chi connectivity index (χ2n) is 6.78. The number of aromatic nitrogens is 2. The van der Waals surface area contributed by atoms with Crippen LogP contribution >= 0.6 is 11.6 Å². The van der Waals surface area contributed by atoms with Crippen LogP contribution in [0.25, 0.3) is 0 Å². The van der Waals surface area contributed by atoms with Gasteiger partial charge in [-0.1, -0.05) is 13.8 Å². The molecule has 3 rings (SSSR count). The zero-order chi connectivity index (χ0) is 16.1. The van der Waals surface area contributed by atoms with E-state index < -0.39 is 18.1 Å². The molecule has 0 radical (unpaired) electrons. The number of hydrogen-bond acceptors (Lipinski definition) is 4. The third kappa shape index (κ3) is 2.53. The molecule has 0 spiro atoms. The molecule has 1 aromatic rings. The van der Waals surface area contributed by atoms with E-state index >= 15 is 0 Å². The van der Waals surface area contributed by atoms with Crippen LogP contribution in [0.1, 0.15) is 44.4 Å². The molecule has 1 aliphatic heterocycles. The summed E-state index contributed by atoms with van der Waals surface area (Å²) in [6.07, 6.45) is 1.85. The van der Waals surface area contributed by atoms with E-state index in [0.29, 0.717) is 5.82 Å². The fourth-order valence-corrected chi connectivity index (χ4v) is 3.75. The van der Waals surface area contributed by atoms with Crippen LogP contribution in [0, 0.1) is 0 Å². The summed E-state index contributed by atoms with van der Waals surface area (Å²) in [6.45, 7) is 4.35. The number of amides is 1. The van der Waals surface area contributed by atoms with Gasteiger partial charge >= 0.3 is 0 Å². The maximum absolute atomic E-state index is 13.8. The molecule has 0 bridgehead atoms. The SMILES string of the molecule is CC1(C)CCCc2c(N3C[C@H](F)C[C@H]3C(N)=O)nc(Cl)nc21. The molecule has 2 N–H and O–H groups in total. The van der Waals surface area contributed by atoms with E-state index in [1.807, 2.05) is 0 Å². The Morgan fingerprint density at radius 1 is 1.45 bits per heavy atom. The Kier molecular flexibility index (Phi) is 3.75. The number of nitrogens with zero attached hydrogens (tertiary/aromatic N) is 3. The summed E-state index contributed by atoms with van der Waals surface area (Å²) < 4.78 is 13.8. The van der Waals surface area contributed by atoms with Crippen LogP contribution in [-0.2, 0) is 16.6 Å². The number of primary amides is 1. The fraction of sp³-hybridized carbons (Fsp3) is 0.667. The van der Waals surface area contributed by atoms with Crippen molar-refractivity contribution in [2.45, 2.75) is 57.2 Å². The molecule has 1 aliphatic carbocycles. The van der Waals surface area contributed by atoms with Crippen LogP contribution in [-0.4, -0.2) is 34.6 Å². The van der Waals surface area contributed by atoms with Crippen molar-refractivity contribution < 1.29 is 9.18 Å². The van der Waals surface area contributed by atoms with Crippen LogP contribution in [0.5, 0.6) is 0 Å². The van der Waals surface area contributed by atoms with Gasteiger partial charge in [0.05, 0.1) is 12.2 Å². The van der Waals surface area contributed by atoms with Gasteiger partial charge in [-0.05, 0) is 30.9 Å². The summed E-state index contributed by atoms with van der Waals surface area (Å²) in [7, 11) is 0. The second kappa shape index (κ2) is 5.33. The molecule has 120 valence electrons. The highest BCUT2D eigenvalue weighted by atomic mass is 35.5. The largest absolute Gasteiger partial charge is 0.368 e. The molecule has 2 aliphatic rings. The van der Waals surface area contributed by atoms with Gasteiger partial charge in [-0.2, -0.15) is 0 Å². The zero-order valence-electron chi connectivity index (χ0n) is 12.8. The Labute approximate surface area is 134 Å². The van der Waals surface area contributed by atoms with Gasteiger partial charge in [0.1, 0.15) is 18.0 Å². The summed E-state index contributed by atoms with van der Waals surface area (Å²) >= 11 is 6.09. The molecule has 5 nitrogen and oxygen atoms in total. The van der Waals surface area contributed by atoms with Gasteiger partial charge in [0, 0.05) is 17.4 Å². The van der Waals surface area contributed by atoms with Crippen molar-refractivity contribution in [1.29, 1.82) is 0 Å². The number of alkyl halides is 1. The van der Waals surface area contributed by atoms with Crippen molar-refractivity contribution in [2.75, 3.05) is 11.4 Å². The van der Waals surface area contributed by atoms with Gasteiger partial charge < -0.3 is 10.6 Å². The van der Waals surface area contributed by atoms with E-state index in [-0.39, 0.29) is 23.7 Å². The average molecular weight is 327 g/mol. The number of carbonyl (C=O) groups excluding carboxylic acids is 1. The van der Waals surface area contributed by atoms with Crippen LogP contribution in [0.15, 0.2) is 0 Å². The lowest BCUT2D eigenvalue weighted by molar-refractivity contribution is -0.119. The van der Waals surface area contributed by atoms with Crippen molar-refractivity contribution in [2.24, 2.45) is 5.73 Å². The normalized spacial score (nSPS) is 26.8. The average Bonchev–Trinajstić information content (AvgIpc) is 2.81. The summed E-state index contributed by atoms with van der Waals surface area (Å²) in [5, 5.41) is 0.134. The van der Waals surface area contributed by atoms with E-state index in [0.717, 1.165) is 30.5 Å². The lowest BCUT2D eigenvalue weighted by Crippen LogP contribution is -2.42. The van der Waals surface area contributed by atoms with Gasteiger partial charge in [0.2, 0.25) is 11.2 Å². The Balaban J connectivity index is 2.11. The Hall–Kier alpha value is -1.43. The van der Waals surface area contributed by atoms with E-state index in [2.05, 4.69) is 23.8 Å². The van der Waals surface area contributed by atoms with Crippen LogP contribution < -0.4 is 10.6 Å². The van der Waals surface area contributed by atoms with Crippen molar-refractivity contribution >= 4 is 23.3 Å². The molecular weight excluding hydrogens is 307 g/mol. The van der Waals surface area contributed by atoms with Crippen LogP contribution in [0.3, 0.4) is 0 Å².